The van der Waals surface area contributed by atoms with Crippen molar-refractivity contribution >= 4 is 21.8 Å². The highest BCUT2D eigenvalue weighted by Gasteiger charge is 2.23. The fourth-order valence-electron chi connectivity index (χ4n) is 6.47. The molecule has 0 saturated heterocycles. The zero-order valence-electron chi connectivity index (χ0n) is 26.1. The zero-order chi connectivity index (χ0) is 30.6. The lowest BCUT2D eigenvalue weighted by Crippen LogP contribution is -2.15. The van der Waals surface area contributed by atoms with Crippen molar-refractivity contribution in [3.8, 4) is 34.1 Å². The molecule has 3 aromatic heterocycles. The number of aromatic nitrogens is 4. The van der Waals surface area contributed by atoms with Crippen LogP contribution in [-0.4, -0.2) is 19.3 Å². The Morgan fingerprint density at radius 3 is 2.30 bits per heavy atom. The van der Waals surface area contributed by atoms with E-state index in [1.54, 1.807) is 0 Å². The number of para-hydroxylation sites is 1. The Morgan fingerprint density at radius 1 is 0.705 bits per heavy atom. The maximum atomic E-state index is 6.47. The van der Waals surface area contributed by atoms with Crippen LogP contribution < -0.4 is 4.74 Å². The summed E-state index contributed by atoms with van der Waals surface area (Å²) in [5.74, 6) is 2.40. The first kappa shape index (κ1) is 27.7. The minimum atomic E-state index is 0.0174. The summed E-state index contributed by atoms with van der Waals surface area (Å²) in [6, 6.07) is 31.4. The van der Waals surface area contributed by atoms with Crippen molar-refractivity contribution in [2.45, 2.75) is 47.0 Å². The Kier molecular flexibility index (Phi) is 6.62. The van der Waals surface area contributed by atoms with Gasteiger partial charge in [0.1, 0.15) is 17.3 Å². The summed E-state index contributed by atoms with van der Waals surface area (Å²) in [4.78, 5) is 4.71. The smallest absolute Gasteiger partial charge is 0.137 e. The molecule has 0 amide bonds. The SMILES string of the molecule is Cc1ccnc(-n2c3ccccc3c3ccc(Oc4cccc(-n5cc(-c6c(C)ccc(C)c6C(C)(C)C)cn5)c4)cc32)c1. The number of nitrogens with zero attached hydrogens (tertiary/aromatic N) is 4. The van der Waals surface area contributed by atoms with Crippen molar-refractivity contribution in [1.82, 2.24) is 19.3 Å². The summed E-state index contributed by atoms with van der Waals surface area (Å²) in [5, 5.41) is 7.12. The Morgan fingerprint density at radius 2 is 1.48 bits per heavy atom. The molecule has 0 unspecified atom stereocenters. The second-order valence-corrected chi connectivity index (χ2v) is 12.7. The normalized spacial score (nSPS) is 11.9. The topological polar surface area (TPSA) is 44.9 Å². The van der Waals surface area contributed by atoms with Crippen LogP contribution in [0.3, 0.4) is 0 Å². The van der Waals surface area contributed by atoms with E-state index in [9.17, 15) is 0 Å². The van der Waals surface area contributed by atoms with Gasteiger partial charge in [0.2, 0.25) is 0 Å². The van der Waals surface area contributed by atoms with Gasteiger partial charge in [0.15, 0.2) is 0 Å². The molecule has 218 valence electrons. The quantitative estimate of drug-likeness (QED) is 0.205. The summed E-state index contributed by atoms with van der Waals surface area (Å²) in [5.41, 5.74) is 10.6. The van der Waals surface area contributed by atoms with Gasteiger partial charge in [-0.05, 0) is 96.5 Å². The van der Waals surface area contributed by atoms with Crippen LogP contribution in [0.25, 0.3) is 44.4 Å². The highest BCUT2D eigenvalue weighted by atomic mass is 16.5. The molecule has 4 aromatic carbocycles. The molecule has 0 saturated carbocycles. The molecule has 0 radical (unpaired) electrons. The molecular formula is C39H36N4O. The van der Waals surface area contributed by atoms with Gasteiger partial charge in [0.25, 0.3) is 0 Å². The van der Waals surface area contributed by atoms with Gasteiger partial charge in [-0.15, -0.1) is 0 Å². The van der Waals surface area contributed by atoms with E-state index in [1.165, 1.54) is 33.2 Å². The van der Waals surface area contributed by atoms with Crippen LogP contribution in [0, 0.1) is 20.8 Å². The van der Waals surface area contributed by atoms with E-state index in [4.69, 9.17) is 14.8 Å². The number of benzene rings is 4. The molecule has 44 heavy (non-hydrogen) atoms. The second-order valence-electron chi connectivity index (χ2n) is 12.7. The van der Waals surface area contributed by atoms with E-state index in [2.05, 4.69) is 113 Å². The van der Waals surface area contributed by atoms with Gasteiger partial charge in [-0.25, -0.2) is 9.67 Å². The van der Waals surface area contributed by atoms with Crippen LogP contribution in [0.2, 0.25) is 0 Å². The molecule has 7 rings (SSSR count). The molecule has 5 nitrogen and oxygen atoms in total. The largest absolute Gasteiger partial charge is 0.457 e. The Bertz CT molecular complexity index is 2180. The number of ether oxygens (including phenoxy) is 1. The number of hydrogen-bond donors (Lipinski definition) is 0. The van der Waals surface area contributed by atoms with Crippen molar-refractivity contribution in [2.24, 2.45) is 0 Å². The van der Waals surface area contributed by atoms with Gasteiger partial charge < -0.3 is 4.74 Å². The lowest BCUT2D eigenvalue weighted by atomic mass is 9.78. The van der Waals surface area contributed by atoms with Crippen LogP contribution in [0.15, 0.2) is 110 Å². The van der Waals surface area contributed by atoms with Gasteiger partial charge in [-0.2, -0.15) is 5.10 Å². The molecule has 0 atom stereocenters. The molecule has 0 aliphatic rings. The third kappa shape index (κ3) is 4.84. The van der Waals surface area contributed by atoms with Crippen LogP contribution >= 0.6 is 0 Å². The van der Waals surface area contributed by atoms with E-state index in [-0.39, 0.29) is 5.41 Å². The molecule has 0 N–H and O–H groups in total. The van der Waals surface area contributed by atoms with E-state index in [1.807, 2.05) is 47.4 Å². The third-order valence-electron chi connectivity index (χ3n) is 8.34. The van der Waals surface area contributed by atoms with Crippen LogP contribution in [0.1, 0.15) is 43.0 Å². The van der Waals surface area contributed by atoms with Gasteiger partial charge in [0, 0.05) is 40.9 Å². The Balaban J connectivity index is 1.25. The van der Waals surface area contributed by atoms with Crippen LogP contribution in [0.4, 0.5) is 0 Å². The predicted molar refractivity (Wildman–Crippen MR) is 181 cm³/mol. The number of aryl methyl sites for hydroxylation is 3. The van der Waals surface area contributed by atoms with Crippen molar-refractivity contribution in [1.29, 1.82) is 0 Å². The fourth-order valence-corrected chi connectivity index (χ4v) is 6.47. The van der Waals surface area contributed by atoms with Crippen LogP contribution in [0.5, 0.6) is 11.5 Å². The maximum absolute atomic E-state index is 6.47. The van der Waals surface area contributed by atoms with E-state index in [0.717, 1.165) is 45.0 Å². The molecule has 0 aliphatic carbocycles. The molecule has 0 spiro atoms. The Hall–Kier alpha value is -5.16. The molecule has 7 aromatic rings. The Labute approximate surface area is 258 Å². The van der Waals surface area contributed by atoms with Crippen molar-refractivity contribution < 1.29 is 4.74 Å². The molecule has 0 fully saturated rings. The minimum absolute atomic E-state index is 0.0174. The molecule has 5 heteroatoms. The first-order valence-electron chi connectivity index (χ1n) is 15.1. The maximum Gasteiger partial charge on any atom is 0.137 e. The number of fused-ring (bicyclic) bond motifs is 3. The van der Waals surface area contributed by atoms with E-state index in [0.29, 0.717) is 0 Å². The molecule has 0 bridgehead atoms. The highest BCUT2D eigenvalue weighted by molar-refractivity contribution is 6.09. The lowest BCUT2D eigenvalue weighted by molar-refractivity contribution is 0.483. The van der Waals surface area contributed by atoms with Crippen molar-refractivity contribution in [2.75, 3.05) is 0 Å². The third-order valence-corrected chi connectivity index (χ3v) is 8.34. The predicted octanol–water partition coefficient (Wildman–Crippen LogP) is 10.0. The second kappa shape index (κ2) is 10.5. The van der Waals surface area contributed by atoms with E-state index < -0.39 is 0 Å². The number of pyridine rings is 1. The first-order chi connectivity index (χ1) is 21.2. The standard InChI is InChI=1S/C39H36N4O/c1-25-18-19-40-36(20-25)43-34-13-8-7-12-32(34)33-17-16-31(22-35(33)43)44-30-11-9-10-29(21-30)42-24-28(23-41-42)37-26(2)14-15-27(3)38(37)39(4,5)6/h7-24H,1-6H3. The first-order valence-corrected chi connectivity index (χ1v) is 15.1. The van der Waals surface area contributed by atoms with Gasteiger partial charge in [0.05, 0.1) is 22.9 Å². The average Bonchev–Trinajstić information content (AvgIpc) is 3.61. The summed E-state index contributed by atoms with van der Waals surface area (Å²) in [7, 11) is 0. The monoisotopic (exact) mass is 576 g/mol. The number of hydrogen-bond acceptors (Lipinski definition) is 3. The fraction of sp³-hybridized carbons (Fsp3) is 0.179. The lowest BCUT2D eigenvalue weighted by Gasteiger charge is -2.26. The minimum Gasteiger partial charge on any atom is -0.457 e. The van der Waals surface area contributed by atoms with E-state index >= 15 is 0 Å². The highest BCUT2D eigenvalue weighted by Crippen LogP contribution is 2.38. The van der Waals surface area contributed by atoms with Crippen LogP contribution in [-0.2, 0) is 5.41 Å². The van der Waals surface area contributed by atoms with Gasteiger partial charge in [-0.1, -0.05) is 57.2 Å². The zero-order valence-corrected chi connectivity index (χ0v) is 26.1. The molecule has 0 aliphatic heterocycles. The molecular weight excluding hydrogens is 540 g/mol. The number of rotatable bonds is 5. The average molecular weight is 577 g/mol. The van der Waals surface area contributed by atoms with Crippen molar-refractivity contribution in [3.63, 3.8) is 0 Å². The summed E-state index contributed by atoms with van der Waals surface area (Å²) < 4.78 is 10.6. The summed E-state index contributed by atoms with van der Waals surface area (Å²) in [6.07, 6.45) is 5.95. The van der Waals surface area contributed by atoms with Crippen molar-refractivity contribution in [3.05, 3.63) is 132 Å². The van der Waals surface area contributed by atoms with Gasteiger partial charge in [-0.3, -0.25) is 4.57 Å². The summed E-state index contributed by atoms with van der Waals surface area (Å²) >= 11 is 0. The molecule has 3 heterocycles. The van der Waals surface area contributed by atoms with Gasteiger partial charge >= 0.3 is 0 Å². The summed E-state index contributed by atoms with van der Waals surface area (Å²) in [6.45, 7) is 13.3.